The number of thioether (sulfide) groups is 1. The van der Waals surface area contributed by atoms with E-state index in [1.165, 1.54) is 0 Å². The summed E-state index contributed by atoms with van der Waals surface area (Å²) in [6.07, 6.45) is 1.03. The molecule has 1 rings (SSSR count). The largest absolute Gasteiger partial charge is 0.302 e. The Morgan fingerprint density at radius 1 is 1.23 bits per heavy atom. The van der Waals surface area contributed by atoms with Crippen LogP contribution in [0.25, 0.3) is 0 Å². The average Bonchev–Trinajstić information content (AvgIpc) is 2.15. The van der Waals surface area contributed by atoms with Gasteiger partial charge in [-0.25, -0.2) is 0 Å². The van der Waals surface area contributed by atoms with Crippen LogP contribution in [0.3, 0.4) is 0 Å². The van der Waals surface area contributed by atoms with Gasteiger partial charge in [0, 0.05) is 4.90 Å². The molecular weight excluding hydrogens is 180 g/mol. The predicted molar refractivity (Wildman–Crippen MR) is 57.0 cm³/mol. The van der Waals surface area contributed by atoms with E-state index in [1.54, 1.807) is 11.8 Å². The first-order valence-corrected chi connectivity index (χ1v) is 5.29. The number of benzene rings is 1. The zero-order chi connectivity index (χ0) is 9.68. The summed E-state index contributed by atoms with van der Waals surface area (Å²) < 4.78 is 0. The first-order valence-electron chi connectivity index (χ1n) is 4.41. The summed E-state index contributed by atoms with van der Waals surface area (Å²) in [7, 11) is 0. The van der Waals surface area contributed by atoms with Crippen LogP contribution in [0.1, 0.15) is 13.8 Å². The fourth-order valence-electron chi connectivity index (χ4n) is 0.977. The van der Waals surface area contributed by atoms with Crippen molar-refractivity contribution in [2.75, 3.05) is 0 Å². The van der Waals surface area contributed by atoms with Gasteiger partial charge in [-0.15, -0.1) is 11.8 Å². The van der Waals surface area contributed by atoms with Crippen LogP contribution in [0.15, 0.2) is 35.2 Å². The number of aldehydes is 1. The van der Waals surface area contributed by atoms with E-state index in [0.717, 1.165) is 11.2 Å². The van der Waals surface area contributed by atoms with Crippen LogP contribution < -0.4 is 0 Å². The topological polar surface area (TPSA) is 17.1 Å². The van der Waals surface area contributed by atoms with Crippen LogP contribution in [0.5, 0.6) is 0 Å². The van der Waals surface area contributed by atoms with Gasteiger partial charge in [-0.1, -0.05) is 32.0 Å². The first kappa shape index (κ1) is 10.3. The normalized spacial score (nSPS) is 12.8. The molecule has 0 spiro atoms. The van der Waals surface area contributed by atoms with Crippen molar-refractivity contribution in [3.8, 4) is 0 Å². The molecule has 13 heavy (non-hydrogen) atoms. The van der Waals surface area contributed by atoms with Gasteiger partial charge < -0.3 is 4.79 Å². The summed E-state index contributed by atoms with van der Waals surface area (Å²) in [6.45, 7) is 4.13. The van der Waals surface area contributed by atoms with Gasteiger partial charge in [-0.05, 0) is 18.1 Å². The van der Waals surface area contributed by atoms with Crippen molar-refractivity contribution < 1.29 is 4.79 Å². The highest BCUT2D eigenvalue weighted by atomic mass is 32.2. The van der Waals surface area contributed by atoms with E-state index in [0.29, 0.717) is 5.92 Å². The van der Waals surface area contributed by atoms with Crippen LogP contribution in [-0.4, -0.2) is 11.5 Å². The number of carbonyl (C=O) groups excluding carboxylic acids is 1. The maximum atomic E-state index is 10.7. The molecule has 0 unspecified atom stereocenters. The third kappa shape index (κ3) is 3.23. The molecule has 0 aromatic heterocycles. The second-order valence-corrected chi connectivity index (χ2v) is 4.53. The quantitative estimate of drug-likeness (QED) is 0.541. The van der Waals surface area contributed by atoms with E-state index in [9.17, 15) is 4.79 Å². The maximum absolute atomic E-state index is 10.7. The molecule has 1 nitrogen and oxygen atoms in total. The second-order valence-electron chi connectivity index (χ2n) is 3.28. The summed E-state index contributed by atoms with van der Waals surface area (Å²) in [5, 5.41) is 0.0717. The second kappa shape index (κ2) is 5.07. The third-order valence-corrected chi connectivity index (χ3v) is 3.28. The van der Waals surface area contributed by atoms with E-state index in [2.05, 4.69) is 13.8 Å². The minimum Gasteiger partial charge on any atom is -0.302 e. The monoisotopic (exact) mass is 194 g/mol. The first-order chi connectivity index (χ1) is 6.24. The van der Waals surface area contributed by atoms with Gasteiger partial charge in [0.1, 0.15) is 6.29 Å². The van der Waals surface area contributed by atoms with Crippen LogP contribution in [0.2, 0.25) is 0 Å². The number of hydrogen-bond acceptors (Lipinski definition) is 2. The van der Waals surface area contributed by atoms with E-state index < -0.39 is 0 Å². The van der Waals surface area contributed by atoms with Gasteiger partial charge in [0.2, 0.25) is 0 Å². The highest BCUT2D eigenvalue weighted by molar-refractivity contribution is 8.00. The Balaban J connectivity index is 2.62. The highest BCUT2D eigenvalue weighted by Crippen LogP contribution is 2.26. The summed E-state index contributed by atoms with van der Waals surface area (Å²) in [4.78, 5) is 11.9. The Bertz CT molecular complexity index is 256. The van der Waals surface area contributed by atoms with Crippen molar-refractivity contribution in [2.45, 2.75) is 24.0 Å². The molecule has 0 saturated carbocycles. The fourth-order valence-corrected chi connectivity index (χ4v) is 1.93. The van der Waals surface area contributed by atoms with Crippen molar-refractivity contribution in [3.05, 3.63) is 30.3 Å². The highest BCUT2D eigenvalue weighted by Gasteiger charge is 2.12. The molecule has 0 N–H and O–H groups in total. The van der Waals surface area contributed by atoms with Crippen molar-refractivity contribution in [3.63, 3.8) is 0 Å². The summed E-state index contributed by atoms with van der Waals surface area (Å²) in [5.74, 6) is 0.391. The van der Waals surface area contributed by atoms with Gasteiger partial charge in [-0.3, -0.25) is 0 Å². The predicted octanol–water partition coefficient (Wildman–Crippen LogP) is 3.00. The lowest BCUT2D eigenvalue weighted by molar-refractivity contribution is -0.107. The maximum Gasteiger partial charge on any atom is 0.133 e. The fraction of sp³-hybridized carbons (Fsp3) is 0.364. The molecule has 0 aliphatic carbocycles. The molecule has 0 amide bonds. The van der Waals surface area contributed by atoms with E-state index in [4.69, 9.17) is 0 Å². The zero-order valence-corrected chi connectivity index (χ0v) is 8.75. The van der Waals surface area contributed by atoms with Gasteiger partial charge in [0.25, 0.3) is 0 Å². The molecule has 0 heterocycles. The Morgan fingerprint density at radius 2 is 1.85 bits per heavy atom. The molecular formula is C11H14OS. The van der Waals surface area contributed by atoms with Crippen molar-refractivity contribution in [1.29, 1.82) is 0 Å². The summed E-state index contributed by atoms with van der Waals surface area (Å²) >= 11 is 1.63. The van der Waals surface area contributed by atoms with Crippen LogP contribution in [0.4, 0.5) is 0 Å². The Kier molecular flexibility index (Phi) is 4.03. The average molecular weight is 194 g/mol. The van der Waals surface area contributed by atoms with E-state index >= 15 is 0 Å². The van der Waals surface area contributed by atoms with Gasteiger partial charge >= 0.3 is 0 Å². The molecule has 1 aromatic carbocycles. The van der Waals surface area contributed by atoms with Crippen molar-refractivity contribution in [1.82, 2.24) is 0 Å². The van der Waals surface area contributed by atoms with E-state index in [-0.39, 0.29) is 5.25 Å². The van der Waals surface area contributed by atoms with Crippen LogP contribution in [-0.2, 0) is 4.79 Å². The molecule has 0 saturated heterocycles. The van der Waals surface area contributed by atoms with Gasteiger partial charge in [-0.2, -0.15) is 0 Å². The minimum absolute atomic E-state index is 0.0717. The lowest BCUT2D eigenvalue weighted by Gasteiger charge is -2.12. The molecule has 1 aromatic rings. The molecule has 0 radical (unpaired) electrons. The molecule has 2 heteroatoms. The molecule has 0 aliphatic rings. The Morgan fingerprint density at radius 3 is 2.31 bits per heavy atom. The van der Waals surface area contributed by atoms with Crippen molar-refractivity contribution >= 4 is 18.0 Å². The summed E-state index contributed by atoms with van der Waals surface area (Å²) in [5.41, 5.74) is 0. The smallest absolute Gasteiger partial charge is 0.133 e. The van der Waals surface area contributed by atoms with Gasteiger partial charge in [0.15, 0.2) is 0 Å². The Hall–Kier alpha value is -0.760. The molecule has 0 bridgehead atoms. The zero-order valence-electron chi connectivity index (χ0n) is 7.94. The number of hydrogen-bond donors (Lipinski definition) is 0. The molecule has 0 fully saturated rings. The molecule has 1 atom stereocenters. The van der Waals surface area contributed by atoms with Crippen LogP contribution in [0, 0.1) is 5.92 Å². The summed E-state index contributed by atoms with van der Waals surface area (Å²) in [6, 6.07) is 10.0. The van der Waals surface area contributed by atoms with Crippen molar-refractivity contribution in [2.24, 2.45) is 5.92 Å². The SMILES string of the molecule is CC(C)[C@@H](C=O)Sc1ccccc1. The van der Waals surface area contributed by atoms with Gasteiger partial charge in [0.05, 0.1) is 5.25 Å². The lowest BCUT2D eigenvalue weighted by Crippen LogP contribution is -2.12. The molecule has 70 valence electrons. The van der Waals surface area contributed by atoms with Crippen LogP contribution >= 0.6 is 11.8 Å². The minimum atomic E-state index is 0.0717. The number of carbonyl (C=O) groups is 1. The number of rotatable bonds is 4. The Labute approximate surface area is 83.5 Å². The molecule has 0 aliphatic heterocycles. The third-order valence-electron chi connectivity index (χ3n) is 1.81. The lowest BCUT2D eigenvalue weighted by atomic mass is 10.1. The van der Waals surface area contributed by atoms with E-state index in [1.807, 2.05) is 30.3 Å². The standard InChI is InChI=1S/C11H14OS/c1-9(2)11(8-12)13-10-6-4-3-5-7-10/h3-9,11H,1-2H3/t11-/m1/s1.